The Balaban J connectivity index is 1.73. The molecule has 0 unspecified atom stereocenters. The molecule has 0 saturated carbocycles. The van der Waals surface area contributed by atoms with E-state index in [4.69, 9.17) is 9.47 Å². The van der Waals surface area contributed by atoms with Crippen molar-refractivity contribution in [2.45, 2.75) is 117 Å². The van der Waals surface area contributed by atoms with E-state index in [0.717, 1.165) is 37.0 Å². The van der Waals surface area contributed by atoms with Gasteiger partial charge in [0.05, 0.1) is 12.7 Å². The highest BCUT2D eigenvalue weighted by molar-refractivity contribution is 5.96. The van der Waals surface area contributed by atoms with Crippen molar-refractivity contribution in [1.29, 1.82) is 0 Å². The van der Waals surface area contributed by atoms with E-state index in [2.05, 4.69) is 44.2 Å². The van der Waals surface area contributed by atoms with Gasteiger partial charge < -0.3 is 9.47 Å². The van der Waals surface area contributed by atoms with Crippen molar-refractivity contribution in [3.05, 3.63) is 94.0 Å². The molecule has 4 heteroatoms. The Kier molecular flexibility index (Phi) is 15.1. The topological polar surface area (TPSA) is 52.6 Å². The molecule has 0 radical (unpaired) electrons. The highest BCUT2D eigenvalue weighted by Gasteiger charge is 2.14. The summed E-state index contributed by atoms with van der Waals surface area (Å²) in [4.78, 5) is 24.6. The molecule has 0 aromatic heterocycles. The molecular weight excluding hydrogens is 532 g/mol. The predicted molar refractivity (Wildman–Crippen MR) is 178 cm³/mol. The molecule has 0 aliphatic carbocycles. The first-order valence-corrected chi connectivity index (χ1v) is 16.6. The lowest BCUT2D eigenvalue weighted by molar-refractivity contribution is 0.0732. The summed E-state index contributed by atoms with van der Waals surface area (Å²) in [5.41, 5.74) is 5.85. The fourth-order valence-electron chi connectivity index (χ4n) is 5.60. The standard InChI is InChI=1S/C39H52O4/c1-5-7-9-11-13-15-17-35-28-31(19-25-37(35)42-4)27-32-20-26-38(36(29-32)18-16-14-12-10-8-6-2)43-39(41)34-23-21-33(22-24-34)30(3)40/h19-26,28-29H,5-18,27H2,1-4H3. The van der Waals surface area contributed by atoms with Gasteiger partial charge in [0.1, 0.15) is 11.5 Å². The van der Waals surface area contributed by atoms with E-state index < -0.39 is 5.97 Å². The van der Waals surface area contributed by atoms with Gasteiger partial charge in [-0.15, -0.1) is 0 Å². The number of carbonyl (C=O) groups excluding carboxylic acids is 2. The van der Waals surface area contributed by atoms with Crippen molar-refractivity contribution in [3.63, 3.8) is 0 Å². The minimum absolute atomic E-state index is 0.0249. The van der Waals surface area contributed by atoms with E-state index in [9.17, 15) is 9.59 Å². The predicted octanol–water partition coefficient (Wildman–Crippen LogP) is 10.5. The van der Waals surface area contributed by atoms with Crippen LogP contribution < -0.4 is 9.47 Å². The molecule has 232 valence electrons. The number of unbranched alkanes of at least 4 members (excludes halogenated alkanes) is 10. The monoisotopic (exact) mass is 584 g/mol. The maximum Gasteiger partial charge on any atom is 0.343 e. The maximum absolute atomic E-state index is 13.0. The minimum atomic E-state index is -0.401. The summed E-state index contributed by atoms with van der Waals surface area (Å²) < 4.78 is 11.6. The van der Waals surface area contributed by atoms with Crippen LogP contribution in [0.4, 0.5) is 0 Å². The first kappa shape index (κ1) is 34.1. The molecule has 0 bridgehead atoms. The number of carbonyl (C=O) groups is 2. The van der Waals surface area contributed by atoms with Crippen LogP contribution in [0.3, 0.4) is 0 Å². The average molecular weight is 585 g/mol. The molecule has 0 aliphatic rings. The largest absolute Gasteiger partial charge is 0.496 e. The second-order valence-electron chi connectivity index (χ2n) is 11.8. The highest BCUT2D eigenvalue weighted by Crippen LogP contribution is 2.28. The lowest BCUT2D eigenvalue weighted by atomic mass is 9.96. The van der Waals surface area contributed by atoms with Crippen molar-refractivity contribution < 1.29 is 19.1 Å². The summed E-state index contributed by atoms with van der Waals surface area (Å²) in [6.45, 7) is 6.01. The third-order valence-corrected chi connectivity index (χ3v) is 8.21. The third-order valence-electron chi connectivity index (χ3n) is 8.21. The van der Waals surface area contributed by atoms with Crippen molar-refractivity contribution in [3.8, 4) is 11.5 Å². The Morgan fingerprint density at radius 2 is 1.05 bits per heavy atom. The molecule has 0 amide bonds. The molecular formula is C39H52O4. The summed E-state index contributed by atoms with van der Waals surface area (Å²) >= 11 is 0. The molecule has 43 heavy (non-hydrogen) atoms. The van der Waals surface area contributed by atoms with Gasteiger partial charge in [0, 0.05) is 5.56 Å². The zero-order valence-electron chi connectivity index (χ0n) is 27.0. The SMILES string of the molecule is CCCCCCCCc1cc(Cc2ccc(OC(=O)c3ccc(C(C)=O)cc3)c(CCCCCCCC)c2)ccc1OC. The molecule has 0 N–H and O–H groups in total. The maximum atomic E-state index is 13.0. The molecule has 3 rings (SSSR count). The van der Waals surface area contributed by atoms with Crippen molar-refractivity contribution >= 4 is 11.8 Å². The van der Waals surface area contributed by atoms with E-state index in [1.807, 2.05) is 6.07 Å². The van der Waals surface area contributed by atoms with Gasteiger partial charge in [-0.25, -0.2) is 4.79 Å². The highest BCUT2D eigenvalue weighted by atomic mass is 16.5. The van der Waals surface area contributed by atoms with E-state index >= 15 is 0 Å². The number of benzene rings is 3. The number of ether oxygens (including phenoxy) is 2. The van der Waals surface area contributed by atoms with Crippen LogP contribution in [0, 0.1) is 0 Å². The Morgan fingerprint density at radius 3 is 1.56 bits per heavy atom. The Morgan fingerprint density at radius 1 is 0.581 bits per heavy atom. The Labute approximate surface area is 260 Å². The van der Waals surface area contributed by atoms with E-state index in [0.29, 0.717) is 16.9 Å². The van der Waals surface area contributed by atoms with Gasteiger partial charge in [0.15, 0.2) is 5.78 Å². The smallest absolute Gasteiger partial charge is 0.343 e. The summed E-state index contributed by atoms with van der Waals surface area (Å²) in [5.74, 6) is 1.17. The van der Waals surface area contributed by atoms with Crippen molar-refractivity contribution in [2.24, 2.45) is 0 Å². The summed E-state index contributed by atoms with van der Waals surface area (Å²) in [7, 11) is 1.76. The first-order chi connectivity index (χ1) is 20.9. The van der Waals surface area contributed by atoms with Gasteiger partial charge in [0.2, 0.25) is 0 Å². The lowest BCUT2D eigenvalue weighted by Crippen LogP contribution is -2.10. The molecule has 0 heterocycles. The van der Waals surface area contributed by atoms with Gasteiger partial charge in [-0.2, -0.15) is 0 Å². The number of ketones is 1. The van der Waals surface area contributed by atoms with Crippen LogP contribution in [-0.4, -0.2) is 18.9 Å². The molecule has 3 aromatic carbocycles. The lowest BCUT2D eigenvalue weighted by Gasteiger charge is -2.14. The van der Waals surface area contributed by atoms with Gasteiger partial charge in [-0.05, 0) is 85.5 Å². The number of aryl methyl sites for hydroxylation is 2. The van der Waals surface area contributed by atoms with Crippen molar-refractivity contribution in [2.75, 3.05) is 7.11 Å². The first-order valence-electron chi connectivity index (χ1n) is 16.6. The minimum Gasteiger partial charge on any atom is -0.496 e. The molecule has 0 fully saturated rings. The average Bonchev–Trinajstić information content (AvgIpc) is 3.01. The van der Waals surface area contributed by atoms with Crippen LogP contribution in [0.1, 0.15) is 141 Å². The van der Waals surface area contributed by atoms with Crippen LogP contribution in [0.2, 0.25) is 0 Å². The van der Waals surface area contributed by atoms with Gasteiger partial charge in [-0.3, -0.25) is 4.79 Å². The zero-order valence-corrected chi connectivity index (χ0v) is 27.0. The third kappa shape index (κ3) is 11.7. The van der Waals surface area contributed by atoms with Crippen molar-refractivity contribution in [1.82, 2.24) is 0 Å². The van der Waals surface area contributed by atoms with Gasteiger partial charge >= 0.3 is 5.97 Å². The van der Waals surface area contributed by atoms with Crippen LogP contribution in [0.15, 0.2) is 60.7 Å². The molecule has 0 aliphatic heterocycles. The fraction of sp³-hybridized carbons (Fsp3) is 0.487. The number of Topliss-reactive ketones (excluding diaryl/α,β-unsaturated/α-hetero) is 1. The summed E-state index contributed by atoms with van der Waals surface area (Å²) in [6.07, 6.45) is 17.7. The number of esters is 1. The number of hydrogen-bond donors (Lipinski definition) is 0. The van der Waals surface area contributed by atoms with Crippen LogP contribution in [0.25, 0.3) is 0 Å². The van der Waals surface area contributed by atoms with Crippen LogP contribution in [0.5, 0.6) is 11.5 Å². The Hall–Kier alpha value is -3.40. The fourth-order valence-corrected chi connectivity index (χ4v) is 5.60. The summed E-state index contributed by atoms with van der Waals surface area (Å²) in [5, 5.41) is 0. The zero-order chi connectivity index (χ0) is 30.9. The molecule has 0 atom stereocenters. The normalized spacial score (nSPS) is 11.0. The number of methoxy groups -OCH3 is 1. The van der Waals surface area contributed by atoms with E-state index in [-0.39, 0.29) is 5.78 Å². The molecule has 0 spiro atoms. The number of rotatable bonds is 20. The molecule has 4 nitrogen and oxygen atoms in total. The van der Waals surface area contributed by atoms with Gasteiger partial charge in [0.25, 0.3) is 0 Å². The van der Waals surface area contributed by atoms with E-state index in [1.54, 1.807) is 31.4 Å². The summed E-state index contributed by atoms with van der Waals surface area (Å²) in [6, 6.07) is 19.5. The molecule has 3 aromatic rings. The molecule has 0 saturated heterocycles. The quantitative estimate of drug-likeness (QED) is 0.0574. The van der Waals surface area contributed by atoms with Crippen LogP contribution in [-0.2, 0) is 19.3 Å². The van der Waals surface area contributed by atoms with E-state index in [1.165, 1.54) is 94.2 Å². The second kappa shape index (κ2) is 19.0. The van der Waals surface area contributed by atoms with Gasteiger partial charge in [-0.1, -0.05) is 114 Å². The Bertz CT molecular complexity index is 1270. The second-order valence-corrected chi connectivity index (χ2v) is 11.8. The number of hydrogen-bond acceptors (Lipinski definition) is 4. The van der Waals surface area contributed by atoms with Crippen LogP contribution >= 0.6 is 0 Å².